The third kappa shape index (κ3) is 7.18. The molecule has 0 saturated carbocycles. The molecular formula is C29H27FN4O4S. The molecule has 0 amide bonds. The topological polar surface area (TPSA) is 106 Å². The summed E-state index contributed by atoms with van der Waals surface area (Å²) in [5.74, 6) is 2.54. The Kier molecular flexibility index (Phi) is 7.85. The molecule has 0 atom stereocenters. The summed E-state index contributed by atoms with van der Waals surface area (Å²) in [5, 5.41) is 7.26. The van der Waals surface area contributed by atoms with Crippen LogP contribution in [0.5, 0.6) is 5.75 Å². The first kappa shape index (κ1) is 26.3. The van der Waals surface area contributed by atoms with E-state index in [0.717, 1.165) is 27.7 Å². The second-order valence-electron chi connectivity index (χ2n) is 9.09. The van der Waals surface area contributed by atoms with Gasteiger partial charge in [0, 0.05) is 29.4 Å². The predicted octanol–water partition coefficient (Wildman–Crippen LogP) is 5.49. The van der Waals surface area contributed by atoms with Gasteiger partial charge >= 0.3 is 0 Å². The highest BCUT2D eigenvalue weighted by Gasteiger charge is 2.10. The molecular weight excluding hydrogens is 519 g/mol. The van der Waals surface area contributed by atoms with Crippen LogP contribution in [0, 0.1) is 5.82 Å². The molecule has 0 bridgehead atoms. The van der Waals surface area contributed by atoms with Crippen LogP contribution in [-0.4, -0.2) is 36.9 Å². The number of rotatable bonds is 11. The second kappa shape index (κ2) is 11.6. The lowest BCUT2D eigenvalue weighted by Crippen LogP contribution is -2.21. The summed E-state index contributed by atoms with van der Waals surface area (Å²) in [4.78, 5) is 8.83. The zero-order valence-corrected chi connectivity index (χ0v) is 22.0. The fraction of sp³-hybridized carbons (Fsp3) is 0.172. The molecule has 0 fully saturated rings. The summed E-state index contributed by atoms with van der Waals surface area (Å²) in [5.41, 5.74) is 3.36. The average molecular weight is 547 g/mol. The van der Waals surface area contributed by atoms with Crippen molar-refractivity contribution in [3.05, 3.63) is 102 Å². The number of nitrogens with one attached hydrogen (secondary N) is 2. The lowest BCUT2D eigenvalue weighted by molar-refractivity contribution is 0.306. The Bertz CT molecular complexity index is 1670. The first-order chi connectivity index (χ1) is 18.8. The minimum absolute atomic E-state index is 0.0762. The molecule has 0 aliphatic rings. The molecule has 200 valence electrons. The first-order valence-electron chi connectivity index (χ1n) is 12.3. The zero-order chi connectivity index (χ0) is 27.2. The van der Waals surface area contributed by atoms with Gasteiger partial charge in [-0.15, -0.1) is 0 Å². The summed E-state index contributed by atoms with van der Waals surface area (Å²) in [6.07, 6.45) is 2.73. The normalized spacial score (nSPS) is 11.5. The Morgan fingerprint density at radius 1 is 0.949 bits per heavy atom. The largest absolute Gasteiger partial charge is 0.489 e. The zero-order valence-electron chi connectivity index (χ0n) is 21.2. The van der Waals surface area contributed by atoms with Crippen molar-refractivity contribution in [3.63, 3.8) is 0 Å². The molecule has 3 aromatic carbocycles. The van der Waals surface area contributed by atoms with Crippen molar-refractivity contribution in [1.29, 1.82) is 0 Å². The Morgan fingerprint density at radius 3 is 2.51 bits per heavy atom. The van der Waals surface area contributed by atoms with Gasteiger partial charge in [-0.05, 0) is 72.3 Å². The fourth-order valence-electron chi connectivity index (χ4n) is 3.93. The molecule has 8 nitrogen and oxygen atoms in total. The summed E-state index contributed by atoms with van der Waals surface area (Å²) in [6, 6.07) is 23.3. The Labute approximate surface area is 225 Å². The molecule has 0 aliphatic heterocycles. The van der Waals surface area contributed by atoms with Crippen molar-refractivity contribution in [2.75, 3.05) is 23.9 Å². The molecule has 2 N–H and O–H groups in total. The highest BCUT2D eigenvalue weighted by molar-refractivity contribution is 7.90. The summed E-state index contributed by atoms with van der Waals surface area (Å²) >= 11 is 0. The Morgan fingerprint density at radius 2 is 1.74 bits per heavy atom. The number of fused-ring (bicyclic) bond motifs is 1. The van der Waals surface area contributed by atoms with E-state index in [0.29, 0.717) is 42.8 Å². The number of ether oxygens (including phenoxy) is 1. The van der Waals surface area contributed by atoms with E-state index in [-0.39, 0.29) is 11.6 Å². The van der Waals surface area contributed by atoms with Crippen LogP contribution in [-0.2, 0) is 23.0 Å². The van der Waals surface area contributed by atoms with Crippen molar-refractivity contribution in [3.8, 4) is 17.1 Å². The maximum atomic E-state index is 13.1. The standard InChI is InChI=1S/C29H27FN4O4S/c1-39(35,36)15-14-31-17-25-11-13-28(38-25)21-4-12-27-26(16-21)29(33-19-32-27)34-23-7-9-24(10-8-23)37-18-20-2-5-22(30)6-3-20/h2-13,16,19,31H,14-15,17-18H2,1H3,(H,32,33,34). The van der Waals surface area contributed by atoms with Crippen molar-refractivity contribution < 1.29 is 22.0 Å². The van der Waals surface area contributed by atoms with E-state index < -0.39 is 9.84 Å². The van der Waals surface area contributed by atoms with E-state index in [1.807, 2.05) is 54.6 Å². The minimum atomic E-state index is -3.01. The third-order valence-electron chi connectivity index (χ3n) is 5.97. The van der Waals surface area contributed by atoms with Crippen LogP contribution in [0.3, 0.4) is 0 Å². The predicted molar refractivity (Wildman–Crippen MR) is 149 cm³/mol. The van der Waals surface area contributed by atoms with Crippen LogP contribution in [0.2, 0.25) is 0 Å². The van der Waals surface area contributed by atoms with Crippen LogP contribution in [0.4, 0.5) is 15.9 Å². The van der Waals surface area contributed by atoms with Gasteiger partial charge in [-0.3, -0.25) is 0 Å². The van der Waals surface area contributed by atoms with Crippen molar-refractivity contribution >= 4 is 32.2 Å². The van der Waals surface area contributed by atoms with E-state index in [1.54, 1.807) is 12.1 Å². The molecule has 5 rings (SSSR count). The molecule has 10 heteroatoms. The van der Waals surface area contributed by atoms with E-state index >= 15 is 0 Å². The van der Waals surface area contributed by atoms with Gasteiger partial charge < -0.3 is 19.8 Å². The lowest BCUT2D eigenvalue weighted by atomic mass is 10.1. The third-order valence-corrected chi connectivity index (χ3v) is 6.91. The lowest BCUT2D eigenvalue weighted by Gasteiger charge is -2.11. The van der Waals surface area contributed by atoms with Crippen LogP contribution < -0.4 is 15.4 Å². The van der Waals surface area contributed by atoms with E-state index in [4.69, 9.17) is 9.15 Å². The number of anilines is 2. The maximum Gasteiger partial charge on any atom is 0.148 e. The first-order valence-corrected chi connectivity index (χ1v) is 14.4. The minimum Gasteiger partial charge on any atom is -0.489 e. The molecule has 0 unspecified atom stereocenters. The van der Waals surface area contributed by atoms with Crippen molar-refractivity contribution in [1.82, 2.24) is 15.3 Å². The van der Waals surface area contributed by atoms with Gasteiger partial charge in [0.1, 0.15) is 51.7 Å². The highest BCUT2D eigenvalue weighted by atomic mass is 32.2. The summed E-state index contributed by atoms with van der Waals surface area (Å²) in [6.45, 7) is 1.14. The van der Waals surface area contributed by atoms with Crippen molar-refractivity contribution in [2.45, 2.75) is 13.2 Å². The van der Waals surface area contributed by atoms with Crippen LogP contribution >= 0.6 is 0 Å². The van der Waals surface area contributed by atoms with Crippen LogP contribution in [0.15, 0.2) is 89.6 Å². The van der Waals surface area contributed by atoms with Gasteiger partial charge in [-0.2, -0.15) is 0 Å². The molecule has 39 heavy (non-hydrogen) atoms. The molecule has 2 heterocycles. The van der Waals surface area contributed by atoms with Crippen LogP contribution in [0.1, 0.15) is 11.3 Å². The quantitative estimate of drug-likeness (QED) is 0.210. The summed E-state index contributed by atoms with van der Waals surface area (Å²) in [7, 11) is -3.01. The van der Waals surface area contributed by atoms with Crippen LogP contribution in [0.25, 0.3) is 22.2 Å². The van der Waals surface area contributed by atoms with Gasteiger partial charge in [0.2, 0.25) is 0 Å². The SMILES string of the molecule is CS(=O)(=O)CCNCc1ccc(-c2ccc3ncnc(Nc4ccc(OCc5ccc(F)cc5)cc4)c3c2)o1. The number of halogens is 1. The monoisotopic (exact) mass is 546 g/mol. The van der Waals surface area contributed by atoms with Gasteiger partial charge in [0.25, 0.3) is 0 Å². The van der Waals surface area contributed by atoms with Crippen molar-refractivity contribution in [2.24, 2.45) is 0 Å². The number of hydrogen-bond acceptors (Lipinski definition) is 8. The number of nitrogens with zero attached hydrogens (tertiary/aromatic N) is 2. The van der Waals surface area contributed by atoms with Gasteiger partial charge in [0.15, 0.2) is 0 Å². The van der Waals surface area contributed by atoms with Gasteiger partial charge in [-0.25, -0.2) is 22.8 Å². The number of aromatic nitrogens is 2. The maximum absolute atomic E-state index is 13.1. The smallest absolute Gasteiger partial charge is 0.148 e. The Hall–Kier alpha value is -4.28. The highest BCUT2D eigenvalue weighted by Crippen LogP contribution is 2.30. The molecule has 0 aliphatic carbocycles. The number of sulfone groups is 1. The number of benzene rings is 3. The average Bonchev–Trinajstić information content (AvgIpc) is 3.40. The number of furan rings is 1. The van der Waals surface area contributed by atoms with E-state index in [1.165, 1.54) is 24.7 Å². The molecule has 0 spiro atoms. The fourth-order valence-corrected chi connectivity index (χ4v) is 4.44. The molecule has 0 saturated heterocycles. The molecule has 5 aromatic rings. The van der Waals surface area contributed by atoms with Gasteiger partial charge in [0.05, 0.1) is 17.8 Å². The van der Waals surface area contributed by atoms with E-state index in [9.17, 15) is 12.8 Å². The van der Waals surface area contributed by atoms with E-state index in [2.05, 4.69) is 20.6 Å². The molecule has 0 radical (unpaired) electrons. The number of hydrogen-bond donors (Lipinski definition) is 2. The summed E-state index contributed by atoms with van der Waals surface area (Å²) < 4.78 is 47.4. The van der Waals surface area contributed by atoms with Gasteiger partial charge in [-0.1, -0.05) is 12.1 Å². The Balaban J connectivity index is 1.26. The second-order valence-corrected chi connectivity index (χ2v) is 11.4. The molecule has 2 aromatic heterocycles.